The maximum absolute atomic E-state index is 13.4. The van der Waals surface area contributed by atoms with Crippen LogP contribution in [0.2, 0.25) is 0 Å². The molecule has 0 heterocycles. The van der Waals surface area contributed by atoms with Crippen LogP contribution >= 0.6 is 0 Å². The topological polar surface area (TPSA) is 87.1 Å². The van der Waals surface area contributed by atoms with Gasteiger partial charge in [-0.2, -0.15) is 0 Å². The molecule has 0 aliphatic carbocycles. The number of carbonyl (C=O) groups excluding carboxylic acids is 1. The van der Waals surface area contributed by atoms with Gasteiger partial charge in [-0.15, -0.1) is 0 Å². The van der Waals surface area contributed by atoms with E-state index in [0.717, 1.165) is 18.4 Å². The highest BCUT2D eigenvalue weighted by molar-refractivity contribution is 5.95. The molecule has 3 rings (SSSR count). The standard InChI is InChI=1S/C27H29NO5/c1-19-15-23(16-20(2)26(19)31)27(32)28(14-6-9-21-7-4-3-5-8-21)17-22-10-12-24(13-11-22)33-18-25(29)30/h3-5,7-8,10-13,15-16,31H,6,9,14,17-18H2,1-2H3,(H,29,30). The molecule has 6 nitrogen and oxygen atoms in total. The van der Waals surface area contributed by atoms with Crippen LogP contribution in [0, 0.1) is 13.8 Å². The van der Waals surface area contributed by atoms with Gasteiger partial charge in [0.15, 0.2) is 6.61 Å². The smallest absolute Gasteiger partial charge is 0.341 e. The number of hydrogen-bond donors (Lipinski definition) is 2. The van der Waals surface area contributed by atoms with Crippen molar-refractivity contribution in [2.75, 3.05) is 13.2 Å². The number of carboxylic acid groups (broad SMARTS) is 1. The molecular formula is C27H29NO5. The molecule has 0 radical (unpaired) electrons. The number of nitrogens with zero attached hydrogens (tertiary/aromatic N) is 1. The highest BCUT2D eigenvalue weighted by Crippen LogP contribution is 2.24. The van der Waals surface area contributed by atoms with Crippen molar-refractivity contribution in [3.63, 3.8) is 0 Å². The second kappa shape index (κ2) is 11.2. The molecule has 6 heteroatoms. The van der Waals surface area contributed by atoms with E-state index in [9.17, 15) is 14.7 Å². The fourth-order valence-electron chi connectivity index (χ4n) is 3.69. The quantitative estimate of drug-likeness (QED) is 0.468. The Morgan fingerprint density at radius 3 is 2.15 bits per heavy atom. The summed E-state index contributed by atoms with van der Waals surface area (Å²) in [6, 6.07) is 20.7. The fourth-order valence-corrected chi connectivity index (χ4v) is 3.69. The minimum atomic E-state index is -1.03. The van der Waals surface area contributed by atoms with Crippen LogP contribution in [0.25, 0.3) is 0 Å². The van der Waals surface area contributed by atoms with Gasteiger partial charge in [0.2, 0.25) is 0 Å². The van der Waals surface area contributed by atoms with E-state index in [4.69, 9.17) is 9.84 Å². The van der Waals surface area contributed by atoms with Crippen molar-refractivity contribution < 1.29 is 24.5 Å². The van der Waals surface area contributed by atoms with E-state index < -0.39 is 12.6 Å². The molecule has 0 saturated carbocycles. The zero-order valence-corrected chi connectivity index (χ0v) is 19.0. The number of hydrogen-bond acceptors (Lipinski definition) is 4. The Morgan fingerprint density at radius 2 is 1.55 bits per heavy atom. The molecule has 172 valence electrons. The zero-order chi connectivity index (χ0) is 23.8. The van der Waals surface area contributed by atoms with Crippen LogP contribution in [0.4, 0.5) is 0 Å². The summed E-state index contributed by atoms with van der Waals surface area (Å²) in [6.07, 6.45) is 1.67. The number of rotatable bonds is 10. The summed E-state index contributed by atoms with van der Waals surface area (Å²) in [5.41, 5.74) is 4.02. The summed E-state index contributed by atoms with van der Waals surface area (Å²) in [6.45, 7) is 4.15. The number of aryl methyl sites for hydroxylation is 3. The van der Waals surface area contributed by atoms with Crippen LogP contribution in [-0.4, -0.2) is 40.1 Å². The molecule has 0 aromatic heterocycles. The summed E-state index contributed by atoms with van der Waals surface area (Å²) in [7, 11) is 0. The number of aliphatic carboxylic acids is 1. The first kappa shape index (κ1) is 23.9. The normalized spacial score (nSPS) is 10.6. The van der Waals surface area contributed by atoms with Gasteiger partial charge in [-0.3, -0.25) is 4.79 Å². The molecule has 3 aromatic rings. The minimum absolute atomic E-state index is 0.0968. The molecule has 0 unspecified atom stereocenters. The number of ether oxygens (including phenoxy) is 1. The molecule has 0 saturated heterocycles. The molecular weight excluding hydrogens is 418 g/mol. The van der Waals surface area contributed by atoms with Crippen molar-refractivity contribution in [2.24, 2.45) is 0 Å². The van der Waals surface area contributed by atoms with E-state index in [-0.39, 0.29) is 11.7 Å². The van der Waals surface area contributed by atoms with Crippen LogP contribution in [0.1, 0.15) is 39.0 Å². The van der Waals surface area contributed by atoms with E-state index in [1.165, 1.54) is 5.56 Å². The third-order valence-corrected chi connectivity index (χ3v) is 5.42. The van der Waals surface area contributed by atoms with Gasteiger partial charge in [-0.1, -0.05) is 42.5 Å². The van der Waals surface area contributed by atoms with Crippen molar-refractivity contribution in [1.82, 2.24) is 4.90 Å². The number of phenolic OH excluding ortho intramolecular Hbond substituents is 1. The van der Waals surface area contributed by atoms with Gasteiger partial charge in [0, 0.05) is 18.7 Å². The summed E-state index contributed by atoms with van der Waals surface area (Å²) in [5, 5.41) is 18.8. The number of phenols is 1. The van der Waals surface area contributed by atoms with Crippen molar-refractivity contribution in [2.45, 2.75) is 33.2 Å². The highest BCUT2D eigenvalue weighted by Gasteiger charge is 2.18. The SMILES string of the molecule is Cc1cc(C(=O)N(CCCc2ccccc2)Cc2ccc(OCC(=O)O)cc2)cc(C)c1O. The Bertz CT molecular complexity index is 1070. The summed E-state index contributed by atoms with van der Waals surface area (Å²) in [5.74, 6) is -0.457. The van der Waals surface area contributed by atoms with Crippen molar-refractivity contribution in [1.29, 1.82) is 0 Å². The lowest BCUT2D eigenvalue weighted by molar-refractivity contribution is -0.139. The first-order chi connectivity index (χ1) is 15.8. The van der Waals surface area contributed by atoms with Gasteiger partial charge < -0.3 is 19.8 Å². The van der Waals surface area contributed by atoms with Gasteiger partial charge in [0.1, 0.15) is 11.5 Å². The first-order valence-corrected chi connectivity index (χ1v) is 10.9. The predicted octanol–water partition coefficient (Wildman–Crippen LogP) is 4.75. The van der Waals surface area contributed by atoms with Crippen LogP contribution < -0.4 is 4.74 Å². The Balaban J connectivity index is 1.75. The molecule has 0 spiro atoms. The highest BCUT2D eigenvalue weighted by atomic mass is 16.5. The molecule has 3 aromatic carbocycles. The Hall–Kier alpha value is -3.80. The Morgan fingerprint density at radius 1 is 0.909 bits per heavy atom. The van der Waals surface area contributed by atoms with E-state index in [0.29, 0.717) is 35.5 Å². The van der Waals surface area contributed by atoms with E-state index in [2.05, 4.69) is 12.1 Å². The summed E-state index contributed by atoms with van der Waals surface area (Å²) in [4.78, 5) is 25.9. The fraction of sp³-hybridized carbons (Fsp3) is 0.259. The van der Waals surface area contributed by atoms with Gasteiger partial charge in [-0.05, 0) is 73.2 Å². The minimum Gasteiger partial charge on any atom is -0.507 e. The second-order valence-electron chi connectivity index (χ2n) is 8.10. The first-order valence-electron chi connectivity index (χ1n) is 10.9. The van der Waals surface area contributed by atoms with E-state index in [1.54, 1.807) is 43.0 Å². The van der Waals surface area contributed by atoms with Gasteiger partial charge >= 0.3 is 5.97 Å². The van der Waals surface area contributed by atoms with Crippen molar-refractivity contribution in [3.05, 3.63) is 94.5 Å². The largest absolute Gasteiger partial charge is 0.507 e. The van der Waals surface area contributed by atoms with Gasteiger partial charge in [0.25, 0.3) is 5.91 Å². The summed E-state index contributed by atoms with van der Waals surface area (Å²) < 4.78 is 5.19. The molecule has 0 aliphatic heterocycles. The molecule has 0 aliphatic rings. The molecule has 2 N–H and O–H groups in total. The maximum Gasteiger partial charge on any atom is 0.341 e. The maximum atomic E-state index is 13.4. The lowest BCUT2D eigenvalue weighted by Gasteiger charge is -2.24. The lowest BCUT2D eigenvalue weighted by Crippen LogP contribution is -2.32. The van der Waals surface area contributed by atoms with Crippen molar-refractivity contribution in [3.8, 4) is 11.5 Å². The molecule has 0 bridgehead atoms. The third-order valence-electron chi connectivity index (χ3n) is 5.42. The van der Waals surface area contributed by atoms with Crippen molar-refractivity contribution >= 4 is 11.9 Å². The molecule has 0 atom stereocenters. The number of aromatic hydroxyl groups is 1. The molecule has 1 amide bonds. The number of carboxylic acids is 1. The number of amides is 1. The molecule has 0 fully saturated rings. The number of carbonyl (C=O) groups is 2. The van der Waals surface area contributed by atoms with Gasteiger partial charge in [0.05, 0.1) is 0 Å². The lowest BCUT2D eigenvalue weighted by atomic mass is 10.0. The van der Waals surface area contributed by atoms with Crippen LogP contribution in [0.3, 0.4) is 0 Å². The zero-order valence-electron chi connectivity index (χ0n) is 19.0. The Kier molecular flexibility index (Phi) is 8.08. The predicted molar refractivity (Wildman–Crippen MR) is 127 cm³/mol. The average Bonchev–Trinajstić information content (AvgIpc) is 2.81. The van der Waals surface area contributed by atoms with Crippen LogP contribution in [-0.2, 0) is 17.8 Å². The average molecular weight is 448 g/mol. The number of benzene rings is 3. The van der Waals surface area contributed by atoms with E-state index >= 15 is 0 Å². The van der Waals surface area contributed by atoms with Crippen LogP contribution in [0.5, 0.6) is 11.5 Å². The Labute approximate surface area is 194 Å². The van der Waals surface area contributed by atoms with E-state index in [1.807, 2.05) is 30.3 Å². The molecule has 33 heavy (non-hydrogen) atoms. The van der Waals surface area contributed by atoms with Gasteiger partial charge in [-0.25, -0.2) is 4.79 Å². The summed E-state index contributed by atoms with van der Waals surface area (Å²) >= 11 is 0. The second-order valence-corrected chi connectivity index (χ2v) is 8.10. The monoisotopic (exact) mass is 447 g/mol. The van der Waals surface area contributed by atoms with Crippen LogP contribution in [0.15, 0.2) is 66.7 Å². The third kappa shape index (κ3) is 6.84.